The van der Waals surface area contributed by atoms with Crippen LogP contribution >= 0.6 is 0 Å². The number of likely N-dealkylation sites (N-methyl/N-ethyl adjacent to an activating group) is 1. The Labute approximate surface area is 134 Å². The van der Waals surface area contributed by atoms with E-state index in [9.17, 15) is 9.59 Å². The zero-order chi connectivity index (χ0) is 16.4. The van der Waals surface area contributed by atoms with Crippen LogP contribution in [0.25, 0.3) is 5.65 Å². The van der Waals surface area contributed by atoms with E-state index < -0.39 is 0 Å². The van der Waals surface area contributed by atoms with E-state index in [2.05, 4.69) is 4.98 Å². The summed E-state index contributed by atoms with van der Waals surface area (Å²) in [5, 5.41) is 0. The summed E-state index contributed by atoms with van der Waals surface area (Å²) in [7, 11) is 0. The van der Waals surface area contributed by atoms with Gasteiger partial charge in [0.25, 0.3) is 11.5 Å². The van der Waals surface area contributed by atoms with E-state index in [1.54, 1.807) is 17.2 Å². The molecule has 0 unspecified atom stereocenters. The summed E-state index contributed by atoms with van der Waals surface area (Å²) < 4.78 is 7.03. The molecule has 0 saturated carbocycles. The highest BCUT2D eigenvalue weighted by Crippen LogP contribution is 2.14. The number of amides is 1. The highest BCUT2D eigenvalue weighted by atomic mass is 16.5. The molecular formula is C17H21N3O3. The first-order valence-corrected chi connectivity index (χ1v) is 7.99. The lowest BCUT2D eigenvalue weighted by Crippen LogP contribution is -2.40. The fourth-order valence-corrected chi connectivity index (χ4v) is 2.95. The average molecular weight is 315 g/mol. The minimum atomic E-state index is -0.325. The van der Waals surface area contributed by atoms with Crippen LogP contribution in [0, 0.1) is 6.92 Å². The first-order valence-electron chi connectivity index (χ1n) is 7.99. The summed E-state index contributed by atoms with van der Waals surface area (Å²) in [6, 6.07) is 3.67. The van der Waals surface area contributed by atoms with Crippen molar-refractivity contribution in [2.45, 2.75) is 32.8 Å². The third kappa shape index (κ3) is 2.99. The number of pyridine rings is 1. The zero-order valence-corrected chi connectivity index (χ0v) is 13.5. The van der Waals surface area contributed by atoms with Crippen LogP contribution in [-0.4, -0.2) is 46.0 Å². The molecule has 0 spiro atoms. The van der Waals surface area contributed by atoms with Gasteiger partial charge in [-0.3, -0.25) is 14.0 Å². The Balaban J connectivity index is 1.93. The van der Waals surface area contributed by atoms with Crippen LogP contribution < -0.4 is 5.56 Å². The molecule has 2 aromatic heterocycles. The predicted molar refractivity (Wildman–Crippen MR) is 86.8 cm³/mol. The van der Waals surface area contributed by atoms with Gasteiger partial charge in [-0.2, -0.15) is 0 Å². The second kappa shape index (κ2) is 6.50. The topological polar surface area (TPSA) is 63.9 Å². The van der Waals surface area contributed by atoms with Gasteiger partial charge in [-0.15, -0.1) is 0 Å². The van der Waals surface area contributed by atoms with E-state index >= 15 is 0 Å². The minimum Gasteiger partial charge on any atom is -0.376 e. The first kappa shape index (κ1) is 15.7. The van der Waals surface area contributed by atoms with Gasteiger partial charge in [0, 0.05) is 32.1 Å². The number of rotatable bonds is 4. The molecule has 0 radical (unpaired) electrons. The van der Waals surface area contributed by atoms with Gasteiger partial charge in [0.05, 0.1) is 6.10 Å². The Morgan fingerprint density at radius 3 is 3.04 bits per heavy atom. The van der Waals surface area contributed by atoms with Gasteiger partial charge in [0.1, 0.15) is 11.2 Å². The molecule has 1 aliphatic rings. The Hall–Kier alpha value is -2.21. The molecule has 1 amide bonds. The molecule has 1 saturated heterocycles. The second-order valence-electron chi connectivity index (χ2n) is 5.84. The minimum absolute atomic E-state index is 0.0670. The van der Waals surface area contributed by atoms with Gasteiger partial charge >= 0.3 is 0 Å². The van der Waals surface area contributed by atoms with Crippen LogP contribution in [0.15, 0.2) is 29.3 Å². The number of fused-ring (bicyclic) bond motifs is 1. The van der Waals surface area contributed by atoms with E-state index in [4.69, 9.17) is 4.74 Å². The first-order chi connectivity index (χ1) is 11.1. The Kier molecular flexibility index (Phi) is 4.43. The summed E-state index contributed by atoms with van der Waals surface area (Å²) in [5.41, 5.74) is 1.26. The normalized spacial score (nSPS) is 17.6. The summed E-state index contributed by atoms with van der Waals surface area (Å²) in [6.07, 6.45) is 5.08. The van der Waals surface area contributed by atoms with Crippen molar-refractivity contribution in [2.75, 3.05) is 19.7 Å². The van der Waals surface area contributed by atoms with Crippen molar-refractivity contribution in [1.82, 2.24) is 14.3 Å². The van der Waals surface area contributed by atoms with Gasteiger partial charge in [-0.05, 0) is 38.3 Å². The Morgan fingerprint density at radius 1 is 1.52 bits per heavy atom. The monoisotopic (exact) mass is 315 g/mol. The SMILES string of the molecule is CCN(C[C@H]1CCCO1)C(=O)c1cnc2c(C)cccn2c1=O. The summed E-state index contributed by atoms with van der Waals surface area (Å²) in [4.78, 5) is 31.3. The van der Waals surface area contributed by atoms with Gasteiger partial charge in [0.2, 0.25) is 0 Å². The molecule has 0 N–H and O–H groups in total. The maximum Gasteiger partial charge on any atom is 0.270 e. The molecule has 6 nitrogen and oxygen atoms in total. The molecule has 122 valence electrons. The van der Waals surface area contributed by atoms with Gasteiger partial charge in [0.15, 0.2) is 0 Å². The van der Waals surface area contributed by atoms with Crippen LogP contribution in [0.4, 0.5) is 0 Å². The van der Waals surface area contributed by atoms with E-state index in [1.807, 2.05) is 19.9 Å². The van der Waals surface area contributed by atoms with Crippen LogP contribution in [0.3, 0.4) is 0 Å². The molecule has 2 aromatic rings. The van der Waals surface area contributed by atoms with Crippen molar-refractivity contribution in [1.29, 1.82) is 0 Å². The lowest BCUT2D eigenvalue weighted by Gasteiger charge is -2.23. The molecule has 1 aliphatic heterocycles. The largest absolute Gasteiger partial charge is 0.376 e. The maximum atomic E-state index is 12.7. The fraction of sp³-hybridized carbons (Fsp3) is 0.471. The smallest absolute Gasteiger partial charge is 0.270 e. The quantitative estimate of drug-likeness (QED) is 0.860. The highest BCUT2D eigenvalue weighted by Gasteiger charge is 2.24. The molecule has 0 aliphatic carbocycles. The number of carbonyl (C=O) groups excluding carboxylic acids is 1. The van der Waals surface area contributed by atoms with E-state index in [-0.39, 0.29) is 23.1 Å². The third-order valence-corrected chi connectivity index (χ3v) is 4.27. The van der Waals surface area contributed by atoms with Crippen LogP contribution in [0.1, 0.15) is 35.7 Å². The average Bonchev–Trinajstić information content (AvgIpc) is 3.06. The fourth-order valence-electron chi connectivity index (χ4n) is 2.95. The molecular weight excluding hydrogens is 294 g/mol. The summed E-state index contributed by atoms with van der Waals surface area (Å²) in [6.45, 7) is 5.60. The van der Waals surface area contributed by atoms with E-state index in [0.29, 0.717) is 18.7 Å². The van der Waals surface area contributed by atoms with Gasteiger partial charge < -0.3 is 9.64 Å². The number of carbonyl (C=O) groups is 1. The van der Waals surface area contributed by atoms with Crippen LogP contribution in [0.5, 0.6) is 0 Å². The Bertz CT molecular complexity index is 778. The third-order valence-electron chi connectivity index (χ3n) is 4.27. The molecule has 1 atom stereocenters. The van der Waals surface area contributed by atoms with Crippen molar-refractivity contribution in [3.8, 4) is 0 Å². The van der Waals surface area contributed by atoms with E-state index in [0.717, 1.165) is 25.0 Å². The molecule has 3 heterocycles. The molecule has 23 heavy (non-hydrogen) atoms. The number of hydrogen-bond donors (Lipinski definition) is 0. The van der Waals surface area contributed by atoms with Crippen molar-refractivity contribution in [3.63, 3.8) is 0 Å². The van der Waals surface area contributed by atoms with Crippen molar-refractivity contribution < 1.29 is 9.53 Å². The summed E-state index contributed by atoms with van der Waals surface area (Å²) >= 11 is 0. The number of aromatic nitrogens is 2. The second-order valence-corrected chi connectivity index (χ2v) is 5.84. The van der Waals surface area contributed by atoms with Crippen LogP contribution in [0.2, 0.25) is 0 Å². The van der Waals surface area contributed by atoms with Gasteiger partial charge in [-0.25, -0.2) is 4.98 Å². The number of ether oxygens (including phenoxy) is 1. The van der Waals surface area contributed by atoms with Crippen LogP contribution in [-0.2, 0) is 4.74 Å². The lowest BCUT2D eigenvalue weighted by molar-refractivity contribution is 0.0537. The lowest BCUT2D eigenvalue weighted by atomic mass is 10.2. The number of nitrogens with zero attached hydrogens (tertiary/aromatic N) is 3. The van der Waals surface area contributed by atoms with Crippen molar-refractivity contribution in [2.24, 2.45) is 0 Å². The Morgan fingerprint density at radius 2 is 2.35 bits per heavy atom. The highest BCUT2D eigenvalue weighted by molar-refractivity contribution is 5.93. The molecule has 0 aromatic carbocycles. The van der Waals surface area contributed by atoms with Crippen molar-refractivity contribution >= 4 is 11.6 Å². The zero-order valence-electron chi connectivity index (χ0n) is 13.5. The number of aryl methyl sites for hydroxylation is 1. The molecule has 3 rings (SSSR count). The van der Waals surface area contributed by atoms with E-state index in [1.165, 1.54) is 10.6 Å². The number of hydrogen-bond acceptors (Lipinski definition) is 4. The summed E-state index contributed by atoms with van der Waals surface area (Å²) in [5.74, 6) is -0.281. The molecule has 1 fully saturated rings. The molecule has 6 heteroatoms. The maximum absolute atomic E-state index is 12.7. The predicted octanol–water partition coefficient (Wildman–Crippen LogP) is 1.64. The standard InChI is InChI=1S/C17H21N3O3/c1-3-19(11-13-7-5-9-23-13)16(21)14-10-18-15-12(2)6-4-8-20(15)17(14)22/h4,6,8,10,13H,3,5,7,9,11H2,1-2H3/t13-/m1/s1. The van der Waals surface area contributed by atoms with Crippen molar-refractivity contribution in [3.05, 3.63) is 46.0 Å². The molecule has 0 bridgehead atoms. The van der Waals surface area contributed by atoms with Gasteiger partial charge in [-0.1, -0.05) is 6.07 Å².